The molecule has 0 atom stereocenters. The first kappa shape index (κ1) is 18.7. The van der Waals surface area contributed by atoms with Gasteiger partial charge in [0, 0.05) is 19.0 Å². The first-order chi connectivity index (χ1) is 13.5. The molecule has 1 aliphatic rings. The number of piperidine rings is 1. The van der Waals surface area contributed by atoms with Crippen molar-refractivity contribution in [2.45, 2.75) is 22.8 Å². The molecule has 1 aliphatic heterocycles. The summed E-state index contributed by atoms with van der Waals surface area (Å²) in [5.41, 5.74) is 5.41. The topological polar surface area (TPSA) is 106 Å². The molecule has 1 saturated heterocycles. The number of hydrogen-bond donors (Lipinski definition) is 1. The van der Waals surface area contributed by atoms with Crippen molar-refractivity contribution in [3.8, 4) is 10.8 Å². The lowest BCUT2D eigenvalue weighted by atomic mass is 9.96. The number of nitrogens with two attached hydrogens (primary N) is 1. The second-order valence-corrected chi connectivity index (χ2v) is 9.40. The number of primary amides is 1. The van der Waals surface area contributed by atoms with Crippen LogP contribution in [-0.4, -0.2) is 32.4 Å². The molecule has 3 heterocycles. The molecule has 9 heteroatoms. The molecule has 0 spiro atoms. The number of amides is 1. The minimum atomic E-state index is -3.85. The maximum atomic E-state index is 13.2. The van der Waals surface area contributed by atoms with Gasteiger partial charge in [-0.2, -0.15) is 4.98 Å². The number of benzene rings is 1. The lowest BCUT2D eigenvalue weighted by molar-refractivity contribution is -0.122. The van der Waals surface area contributed by atoms with E-state index in [1.807, 2.05) is 22.4 Å². The van der Waals surface area contributed by atoms with Crippen LogP contribution in [0, 0.1) is 5.92 Å². The zero-order chi connectivity index (χ0) is 19.7. The summed E-state index contributed by atoms with van der Waals surface area (Å²) in [5, 5.41) is 1.78. The summed E-state index contributed by atoms with van der Waals surface area (Å²) in [6.07, 6.45) is 1.10. The van der Waals surface area contributed by atoms with Crippen LogP contribution in [0.2, 0.25) is 0 Å². The molecule has 2 aromatic heterocycles. The van der Waals surface area contributed by atoms with Gasteiger partial charge in [0.25, 0.3) is 0 Å². The highest BCUT2D eigenvalue weighted by molar-refractivity contribution is 7.91. The summed E-state index contributed by atoms with van der Waals surface area (Å²) in [4.78, 5) is 18.5. The molecule has 28 heavy (non-hydrogen) atoms. The van der Waals surface area contributed by atoms with Crippen molar-refractivity contribution in [3.05, 3.63) is 47.8 Å². The fraction of sp³-hybridized carbons (Fsp3) is 0.263. The summed E-state index contributed by atoms with van der Waals surface area (Å²) in [7, 11) is -3.85. The molecule has 1 aromatic carbocycles. The zero-order valence-corrected chi connectivity index (χ0v) is 16.6. The Morgan fingerprint density at radius 2 is 1.86 bits per heavy atom. The smallest absolute Gasteiger partial charge is 0.240 e. The average molecular weight is 418 g/mol. The highest BCUT2D eigenvalue weighted by atomic mass is 32.2. The Kier molecular flexibility index (Phi) is 4.94. The summed E-state index contributed by atoms with van der Waals surface area (Å²) in [5.74, 6) is -0.0366. The van der Waals surface area contributed by atoms with E-state index in [0.29, 0.717) is 25.9 Å². The highest BCUT2D eigenvalue weighted by Gasteiger charge is 2.34. The van der Waals surface area contributed by atoms with E-state index in [-0.39, 0.29) is 33.5 Å². The van der Waals surface area contributed by atoms with Crippen molar-refractivity contribution in [1.82, 2.24) is 4.98 Å². The number of sulfone groups is 1. The van der Waals surface area contributed by atoms with Gasteiger partial charge in [0.05, 0.1) is 9.77 Å². The van der Waals surface area contributed by atoms with E-state index in [4.69, 9.17) is 10.2 Å². The monoisotopic (exact) mass is 417 g/mol. The fourth-order valence-corrected chi connectivity index (χ4v) is 5.25. The second-order valence-electron chi connectivity index (χ2n) is 6.59. The van der Waals surface area contributed by atoms with Crippen molar-refractivity contribution >= 4 is 33.0 Å². The quantitative estimate of drug-likeness (QED) is 0.684. The standard InChI is InChI=1S/C19H19N3O4S2/c20-16(23)13-8-10-22(11-9-13)19-18(21-17(26-19)15-7-4-12-27-15)28(24,25)14-5-2-1-3-6-14/h1-7,12-13H,8-11H2,(H2,20,23). The number of nitrogens with zero attached hydrogens (tertiary/aromatic N) is 2. The molecule has 0 bridgehead atoms. The van der Waals surface area contributed by atoms with Gasteiger partial charge in [0.1, 0.15) is 0 Å². The predicted molar refractivity (Wildman–Crippen MR) is 106 cm³/mol. The van der Waals surface area contributed by atoms with Crippen molar-refractivity contribution in [2.24, 2.45) is 11.7 Å². The van der Waals surface area contributed by atoms with Gasteiger partial charge in [-0.15, -0.1) is 11.3 Å². The van der Waals surface area contributed by atoms with Crippen LogP contribution in [0.4, 0.5) is 5.88 Å². The van der Waals surface area contributed by atoms with Gasteiger partial charge < -0.3 is 15.1 Å². The Balaban J connectivity index is 1.76. The minimum Gasteiger partial charge on any atom is -0.418 e. The van der Waals surface area contributed by atoms with E-state index in [2.05, 4.69) is 4.98 Å². The van der Waals surface area contributed by atoms with Gasteiger partial charge in [-0.05, 0) is 36.4 Å². The number of oxazole rings is 1. The molecule has 2 N–H and O–H groups in total. The number of thiophene rings is 1. The third-order valence-corrected chi connectivity index (χ3v) is 7.33. The maximum Gasteiger partial charge on any atom is 0.240 e. The number of rotatable bonds is 5. The first-order valence-electron chi connectivity index (χ1n) is 8.86. The Labute approximate surface area is 166 Å². The summed E-state index contributed by atoms with van der Waals surface area (Å²) in [6, 6.07) is 11.9. The predicted octanol–water partition coefficient (Wildman–Crippen LogP) is 2.94. The molecular formula is C19H19N3O4S2. The van der Waals surface area contributed by atoms with Crippen LogP contribution >= 0.6 is 11.3 Å². The van der Waals surface area contributed by atoms with Gasteiger partial charge in [0.2, 0.25) is 32.5 Å². The maximum absolute atomic E-state index is 13.2. The zero-order valence-electron chi connectivity index (χ0n) is 14.9. The van der Waals surface area contributed by atoms with Crippen LogP contribution in [0.25, 0.3) is 10.8 Å². The number of aromatic nitrogens is 1. The van der Waals surface area contributed by atoms with Crippen LogP contribution in [0.1, 0.15) is 12.8 Å². The molecule has 0 radical (unpaired) electrons. The number of hydrogen-bond acceptors (Lipinski definition) is 7. The van der Waals surface area contributed by atoms with Crippen LogP contribution < -0.4 is 10.6 Å². The molecule has 0 unspecified atom stereocenters. The molecule has 146 valence electrons. The van der Waals surface area contributed by atoms with Crippen LogP contribution in [0.3, 0.4) is 0 Å². The fourth-order valence-electron chi connectivity index (χ4n) is 3.26. The Morgan fingerprint density at radius 3 is 2.46 bits per heavy atom. The number of anilines is 1. The van der Waals surface area contributed by atoms with Crippen molar-refractivity contribution < 1.29 is 17.6 Å². The lowest BCUT2D eigenvalue weighted by Crippen LogP contribution is -2.38. The molecule has 1 fully saturated rings. The Bertz CT molecular complexity index is 1070. The van der Waals surface area contributed by atoms with Crippen LogP contribution in [-0.2, 0) is 14.6 Å². The van der Waals surface area contributed by atoms with Gasteiger partial charge in [-0.25, -0.2) is 8.42 Å². The van der Waals surface area contributed by atoms with E-state index in [1.54, 1.807) is 18.2 Å². The molecule has 4 rings (SSSR count). The molecule has 0 saturated carbocycles. The van der Waals surface area contributed by atoms with E-state index in [9.17, 15) is 13.2 Å². The van der Waals surface area contributed by atoms with Crippen molar-refractivity contribution in [1.29, 1.82) is 0 Å². The third-order valence-electron chi connectivity index (χ3n) is 4.80. The van der Waals surface area contributed by atoms with Crippen LogP contribution in [0.5, 0.6) is 0 Å². The van der Waals surface area contributed by atoms with E-state index < -0.39 is 9.84 Å². The minimum absolute atomic E-state index is 0.0976. The first-order valence-corrected chi connectivity index (χ1v) is 11.2. The van der Waals surface area contributed by atoms with Gasteiger partial charge in [0.15, 0.2) is 0 Å². The van der Waals surface area contributed by atoms with E-state index in [0.717, 1.165) is 4.88 Å². The summed E-state index contributed by atoms with van der Waals surface area (Å²) < 4.78 is 32.4. The molecule has 7 nitrogen and oxygen atoms in total. The number of carbonyl (C=O) groups is 1. The average Bonchev–Trinajstić information content (AvgIpc) is 3.39. The largest absolute Gasteiger partial charge is 0.418 e. The van der Waals surface area contributed by atoms with E-state index >= 15 is 0 Å². The van der Waals surface area contributed by atoms with Gasteiger partial charge in [-0.1, -0.05) is 24.3 Å². The number of carbonyl (C=O) groups excluding carboxylic acids is 1. The van der Waals surface area contributed by atoms with Crippen LogP contribution in [0.15, 0.2) is 62.2 Å². The molecule has 0 aliphatic carbocycles. The van der Waals surface area contributed by atoms with Crippen molar-refractivity contribution in [2.75, 3.05) is 18.0 Å². The molecule has 3 aromatic rings. The Morgan fingerprint density at radius 1 is 1.14 bits per heavy atom. The molecular weight excluding hydrogens is 398 g/mol. The van der Waals surface area contributed by atoms with Gasteiger partial charge >= 0.3 is 0 Å². The molecule has 1 amide bonds. The second kappa shape index (κ2) is 7.40. The Hall–Kier alpha value is -2.65. The van der Waals surface area contributed by atoms with Gasteiger partial charge in [-0.3, -0.25) is 4.79 Å². The lowest BCUT2D eigenvalue weighted by Gasteiger charge is -2.30. The third kappa shape index (κ3) is 3.43. The van der Waals surface area contributed by atoms with Crippen molar-refractivity contribution in [3.63, 3.8) is 0 Å². The summed E-state index contributed by atoms with van der Waals surface area (Å²) in [6.45, 7) is 0.952. The highest BCUT2D eigenvalue weighted by Crippen LogP contribution is 2.37. The summed E-state index contributed by atoms with van der Waals surface area (Å²) >= 11 is 1.42. The SMILES string of the molecule is NC(=O)C1CCN(c2oc(-c3cccs3)nc2S(=O)(=O)c2ccccc2)CC1. The van der Waals surface area contributed by atoms with E-state index in [1.165, 1.54) is 23.5 Å². The normalized spacial score (nSPS) is 15.6.